The Balaban J connectivity index is 1.74. The molecule has 0 aromatic carbocycles. The summed E-state index contributed by atoms with van der Waals surface area (Å²) in [6, 6.07) is 0.256. The fourth-order valence-electron chi connectivity index (χ4n) is 2.86. The quantitative estimate of drug-likeness (QED) is 0.788. The van der Waals surface area contributed by atoms with Crippen molar-refractivity contribution in [1.29, 1.82) is 0 Å². The average molecular weight is 335 g/mol. The molecule has 7 nitrogen and oxygen atoms in total. The summed E-state index contributed by atoms with van der Waals surface area (Å²) in [5.41, 5.74) is 0. The third-order valence-electron chi connectivity index (χ3n) is 4.11. The summed E-state index contributed by atoms with van der Waals surface area (Å²) < 4.78 is 33.6. The van der Waals surface area contributed by atoms with E-state index in [1.807, 2.05) is 0 Å². The highest BCUT2D eigenvalue weighted by Crippen LogP contribution is 2.27. The fraction of sp³-hybridized carbons (Fsp3) is 0.750. The van der Waals surface area contributed by atoms with E-state index in [0.29, 0.717) is 13.1 Å². The van der Waals surface area contributed by atoms with E-state index in [2.05, 4.69) is 9.88 Å². The minimum atomic E-state index is -3.61. The van der Waals surface area contributed by atoms with Gasteiger partial charge >= 0.3 is 0 Å². The normalized spacial score (nSPS) is 25.5. The zero-order valence-corrected chi connectivity index (χ0v) is 13.5. The number of nitrogens with zero attached hydrogens (tertiary/aromatic N) is 4. The van der Waals surface area contributed by atoms with Gasteiger partial charge in [0.2, 0.25) is 5.03 Å². The van der Waals surface area contributed by atoms with Gasteiger partial charge in [-0.15, -0.1) is 0 Å². The average Bonchev–Trinajstić information content (AvgIpc) is 3.09. The third kappa shape index (κ3) is 2.83. The van der Waals surface area contributed by atoms with Gasteiger partial charge in [-0.1, -0.05) is 11.6 Å². The Morgan fingerprint density at radius 3 is 2.67 bits per heavy atom. The molecule has 2 aliphatic heterocycles. The Hall–Kier alpha value is -0.670. The van der Waals surface area contributed by atoms with Crippen molar-refractivity contribution in [3.63, 3.8) is 0 Å². The molecule has 2 aliphatic rings. The van der Waals surface area contributed by atoms with Gasteiger partial charge in [0.25, 0.3) is 10.0 Å². The summed E-state index contributed by atoms with van der Waals surface area (Å²) in [4.78, 5) is 6.24. The molecular weight excluding hydrogens is 316 g/mol. The maximum atomic E-state index is 12.6. The maximum absolute atomic E-state index is 12.6. The molecule has 1 unspecified atom stereocenters. The highest BCUT2D eigenvalue weighted by molar-refractivity contribution is 7.89. The molecule has 0 amide bonds. The van der Waals surface area contributed by atoms with Crippen LogP contribution in [0.2, 0.25) is 5.15 Å². The monoisotopic (exact) mass is 334 g/mol. The van der Waals surface area contributed by atoms with Gasteiger partial charge in [-0.05, 0) is 6.42 Å². The van der Waals surface area contributed by atoms with E-state index in [-0.39, 0.29) is 16.2 Å². The van der Waals surface area contributed by atoms with Gasteiger partial charge in [-0.25, -0.2) is 13.4 Å². The number of halogens is 1. The van der Waals surface area contributed by atoms with Crippen LogP contribution in [0.15, 0.2) is 11.4 Å². The Kier molecular flexibility index (Phi) is 4.24. The zero-order chi connectivity index (χ0) is 15.0. The number of aryl methyl sites for hydroxylation is 1. The molecule has 21 heavy (non-hydrogen) atoms. The first-order chi connectivity index (χ1) is 10.00. The predicted molar refractivity (Wildman–Crippen MR) is 77.8 cm³/mol. The molecule has 0 aliphatic carbocycles. The van der Waals surface area contributed by atoms with Gasteiger partial charge in [-0.2, -0.15) is 4.31 Å². The SMILES string of the molecule is Cn1cnc(S(=O)(=O)N2CCC(N3CCOCC3)C2)c1Cl. The molecule has 0 N–H and O–H groups in total. The lowest BCUT2D eigenvalue weighted by Gasteiger charge is -2.31. The minimum Gasteiger partial charge on any atom is -0.379 e. The number of sulfonamides is 1. The fourth-order valence-corrected chi connectivity index (χ4v) is 4.74. The Morgan fingerprint density at radius 2 is 2.05 bits per heavy atom. The molecule has 0 radical (unpaired) electrons. The highest BCUT2D eigenvalue weighted by atomic mass is 35.5. The van der Waals surface area contributed by atoms with Crippen LogP contribution in [-0.2, 0) is 21.8 Å². The van der Waals surface area contributed by atoms with Crippen molar-refractivity contribution in [2.75, 3.05) is 39.4 Å². The van der Waals surface area contributed by atoms with Gasteiger partial charge in [0.05, 0.1) is 19.5 Å². The Bertz CT molecular complexity index is 612. The van der Waals surface area contributed by atoms with Crippen molar-refractivity contribution >= 4 is 21.6 Å². The molecule has 0 saturated carbocycles. The van der Waals surface area contributed by atoms with Crippen LogP contribution in [0.3, 0.4) is 0 Å². The molecule has 1 atom stereocenters. The van der Waals surface area contributed by atoms with E-state index in [1.54, 1.807) is 7.05 Å². The summed E-state index contributed by atoms with van der Waals surface area (Å²) in [5.74, 6) is 0. The Labute approximate surface area is 129 Å². The zero-order valence-electron chi connectivity index (χ0n) is 11.9. The largest absolute Gasteiger partial charge is 0.379 e. The number of ether oxygens (including phenoxy) is 1. The summed E-state index contributed by atoms with van der Waals surface area (Å²) in [7, 11) is -1.93. The van der Waals surface area contributed by atoms with E-state index >= 15 is 0 Å². The van der Waals surface area contributed by atoms with Gasteiger partial charge in [0.15, 0.2) is 0 Å². The van der Waals surface area contributed by atoms with E-state index in [0.717, 1.165) is 32.7 Å². The molecule has 0 spiro atoms. The Morgan fingerprint density at radius 1 is 1.33 bits per heavy atom. The molecule has 118 valence electrons. The van der Waals surface area contributed by atoms with Gasteiger partial charge in [0, 0.05) is 39.3 Å². The summed E-state index contributed by atoms with van der Waals surface area (Å²) in [5, 5.41) is 0.110. The van der Waals surface area contributed by atoms with Crippen LogP contribution in [-0.4, -0.2) is 72.6 Å². The van der Waals surface area contributed by atoms with Crippen molar-refractivity contribution < 1.29 is 13.2 Å². The van der Waals surface area contributed by atoms with Crippen LogP contribution in [0.5, 0.6) is 0 Å². The number of hydrogen-bond acceptors (Lipinski definition) is 5. The van der Waals surface area contributed by atoms with E-state index in [4.69, 9.17) is 16.3 Å². The molecular formula is C12H19ClN4O3S. The molecule has 1 aromatic rings. The highest BCUT2D eigenvalue weighted by Gasteiger charge is 2.37. The number of rotatable bonds is 3. The number of hydrogen-bond donors (Lipinski definition) is 0. The second kappa shape index (κ2) is 5.85. The lowest BCUT2D eigenvalue weighted by Crippen LogP contribution is -2.45. The lowest BCUT2D eigenvalue weighted by atomic mass is 10.2. The van der Waals surface area contributed by atoms with Crippen molar-refractivity contribution in [3.8, 4) is 0 Å². The summed E-state index contributed by atoms with van der Waals surface area (Å²) >= 11 is 6.02. The first-order valence-corrected chi connectivity index (χ1v) is 8.80. The van der Waals surface area contributed by atoms with Crippen LogP contribution >= 0.6 is 11.6 Å². The lowest BCUT2D eigenvalue weighted by molar-refractivity contribution is 0.0197. The van der Waals surface area contributed by atoms with Crippen LogP contribution in [0.1, 0.15) is 6.42 Å². The van der Waals surface area contributed by atoms with Crippen molar-refractivity contribution in [3.05, 3.63) is 11.5 Å². The molecule has 3 heterocycles. The van der Waals surface area contributed by atoms with E-state index in [1.165, 1.54) is 15.2 Å². The van der Waals surface area contributed by atoms with Crippen LogP contribution in [0.25, 0.3) is 0 Å². The van der Waals surface area contributed by atoms with Gasteiger partial charge in [-0.3, -0.25) is 4.90 Å². The minimum absolute atomic E-state index is 0.0469. The molecule has 3 rings (SSSR count). The summed E-state index contributed by atoms with van der Waals surface area (Å²) in [6.07, 6.45) is 2.26. The smallest absolute Gasteiger partial charge is 0.263 e. The molecule has 9 heteroatoms. The first-order valence-electron chi connectivity index (χ1n) is 6.99. The third-order valence-corrected chi connectivity index (χ3v) is 6.46. The second-order valence-corrected chi connectivity index (χ2v) is 7.62. The number of imidazole rings is 1. The van der Waals surface area contributed by atoms with Crippen LogP contribution in [0.4, 0.5) is 0 Å². The van der Waals surface area contributed by atoms with E-state index in [9.17, 15) is 8.42 Å². The van der Waals surface area contributed by atoms with Crippen molar-refractivity contribution in [2.24, 2.45) is 7.05 Å². The second-order valence-electron chi connectivity index (χ2n) is 5.41. The molecule has 1 aromatic heterocycles. The van der Waals surface area contributed by atoms with Crippen LogP contribution < -0.4 is 0 Å². The maximum Gasteiger partial charge on any atom is 0.263 e. The molecule has 0 bridgehead atoms. The topological polar surface area (TPSA) is 67.7 Å². The van der Waals surface area contributed by atoms with Crippen molar-refractivity contribution in [1.82, 2.24) is 18.8 Å². The van der Waals surface area contributed by atoms with E-state index < -0.39 is 10.0 Å². The molecule has 2 saturated heterocycles. The summed E-state index contributed by atoms with van der Waals surface area (Å²) in [6.45, 7) is 4.17. The van der Waals surface area contributed by atoms with Gasteiger partial charge in [0.1, 0.15) is 5.15 Å². The number of morpholine rings is 1. The van der Waals surface area contributed by atoms with Crippen LogP contribution in [0, 0.1) is 0 Å². The van der Waals surface area contributed by atoms with Crippen molar-refractivity contribution in [2.45, 2.75) is 17.5 Å². The van der Waals surface area contributed by atoms with Gasteiger partial charge < -0.3 is 9.30 Å². The first kappa shape index (κ1) is 15.2. The standard InChI is InChI=1S/C12H19ClN4O3S/c1-15-9-14-12(11(15)13)21(18,19)17-3-2-10(8-17)16-4-6-20-7-5-16/h9-10H,2-8H2,1H3. The number of aromatic nitrogens is 2. The molecule has 2 fully saturated rings. The predicted octanol–water partition coefficient (Wildman–Crippen LogP) is 0.169.